The van der Waals surface area contributed by atoms with Crippen molar-refractivity contribution < 1.29 is 14.6 Å². The average Bonchev–Trinajstić information content (AvgIpc) is 1.85. The quantitative estimate of drug-likeness (QED) is 0.699. The predicted octanol–water partition coefficient (Wildman–Crippen LogP) is 1.20. The van der Waals surface area contributed by atoms with E-state index < -0.39 is 0 Å². The number of methoxy groups -OCH3 is 1. The largest absolute Gasteiger partial charge is 0.394 e. The zero-order valence-corrected chi connectivity index (χ0v) is 8.63. The molecule has 0 aliphatic carbocycles. The molecule has 0 aromatic rings. The summed E-state index contributed by atoms with van der Waals surface area (Å²) in [6.07, 6.45) is -0.316. The minimum Gasteiger partial charge on any atom is -0.394 e. The molecule has 0 saturated heterocycles. The highest BCUT2D eigenvalue weighted by Gasteiger charge is 2.22. The summed E-state index contributed by atoms with van der Waals surface area (Å²) in [5.41, 5.74) is -0.189. The Kier molecular flexibility index (Phi) is 4.75. The minimum absolute atomic E-state index is 0.00620. The lowest BCUT2D eigenvalue weighted by Gasteiger charge is -2.29. The van der Waals surface area contributed by atoms with E-state index in [1.807, 2.05) is 27.7 Å². The van der Waals surface area contributed by atoms with Crippen molar-refractivity contribution in [3.63, 3.8) is 0 Å². The minimum atomic E-state index is -0.232. The molecule has 2 atom stereocenters. The molecule has 0 amide bonds. The molecule has 0 fully saturated rings. The van der Waals surface area contributed by atoms with Crippen molar-refractivity contribution in [1.29, 1.82) is 0 Å². The van der Waals surface area contributed by atoms with Crippen LogP contribution in [0.15, 0.2) is 0 Å². The van der Waals surface area contributed by atoms with Gasteiger partial charge < -0.3 is 14.6 Å². The van der Waals surface area contributed by atoms with Crippen molar-refractivity contribution >= 4 is 0 Å². The van der Waals surface area contributed by atoms with E-state index >= 15 is 0 Å². The lowest BCUT2D eigenvalue weighted by atomic mass is 10.1. The molecule has 0 spiro atoms. The van der Waals surface area contributed by atoms with Gasteiger partial charge in [-0.25, -0.2) is 0 Å². The zero-order chi connectivity index (χ0) is 9.78. The van der Waals surface area contributed by atoms with Crippen molar-refractivity contribution in [2.24, 2.45) is 0 Å². The summed E-state index contributed by atoms with van der Waals surface area (Å²) in [6, 6.07) is 0. The highest BCUT2D eigenvalue weighted by molar-refractivity contribution is 4.69. The van der Waals surface area contributed by atoms with E-state index in [0.717, 1.165) is 0 Å². The summed E-state index contributed by atoms with van der Waals surface area (Å²) in [7, 11) is 1.57. The van der Waals surface area contributed by atoms with Crippen LogP contribution in [0.2, 0.25) is 0 Å². The van der Waals surface area contributed by atoms with Crippen LogP contribution in [0.25, 0.3) is 0 Å². The van der Waals surface area contributed by atoms with Gasteiger partial charge in [-0.3, -0.25) is 0 Å². The third kappa shape index (κ3) is 4.70. The molecule has 1 N–H and O–H groups in total. The smallest absolute Gasteiger partial charge is 0.106 e. The SMILES string of the molecule is COC(CO)C(C)OC(C)(C)C. The maximum absolute atomic E-state index is 8.89. The monoisotopic (exact) mass is 176 g/mol. The van der Waals surface area contributed by atoms with Crippen LogP contribution in [-0.2, 0) is 9.47 Å². The van der Waals surface area contributed by atoms with Crippen LogP contribution in [0.3, 0.4) is 0 Å². The summed E-state index contributed by atoms with van der Waals surface area (Å²) in [5, 5.41) is 8.89. The highest BCUT2D eigenvalue weighted by atomic mass is 16.6. The third-order valence-electron chi connectivity index (χ3n) is 1.55. The van der Waals surface area contributed by atoms with Crippen LogP contribution in [0.4, 0.5) is 0 Å². The van der Waals surface area contributed by atoms with Crippen LogP contribution in [0.1, 0.15) is 27.7 Å². The maximum atomic E-state index is 8.89. The van der Waals surface area contributed by atoms with Gasteiger partial charge in [0.2, 0.25) is 0 Å². The average molecular weight is 176 g/mol. The highest BCUT2D eigenvalue weighted by Crippen LogP contribution is 2.13. The van der Waals surface area contributed by atoms with E-state index in [0.29, 0.717) is 0 Å². The number of ether oxygens (including phenoxy) is 2. The zero-order valence-electron chi connectivity index (χ0n) is 8.63. The van der Waals surface area contributed by atoms with Gasteiger partial charge in [-0.05, 0) is 27.7 Å². The Morgan fingerprint density at radius 2 is 1.83 bits per heavy atom. The number of aliphatic hydroxyl groups is 1. The van der Waals surface area contributed by atoms with Gasteiger partial charge in [0.15, 0.2) is 0 Å². The molecule has 3 heteroatoms. The molecule has 0 aliphatic rings. The van der Waals surface area contributed by atoms with Crippen LogP contribution in [0, 0.1) is 0 Å². The Labute approximate surface area is 74.7 Å². The summed E-state index contributed by atoms with van der Waals surface area (Å²) in [6.45, 7) is 7.83. The van der Waals surface area contributed by atoms with Gasteiger partial charge >= 0.3 is 0 Å². The third-order valence-corrected chi connectivity index (χ3v) is 1.55. The van der Waals surface area contributed by atoms with Crippen molar-refractivity contribution in [3.8, 4) is 0 Å². The van der Waals surface area contributed by atoms with Gasteiger partial charge in [0.25, 0.3) is 0 Å². The molecule has 12 heavy (non-hydrogen) atoms. The first-order valence-electron chi connectivity index (χ1n) is 4.22. The van der Waals surface area contributed by atoms with Crippen molar-refractivity contribution in [3.05, 3.63) is 0 Å². The van der Waals surface area contributed by atoms with E-state index in [2.05, 4.69) is 0 Å². The summed E-state index contributed by atoms with van der Waals surface area (Å²) >= 11 is 0. The lowest BCUT2D eigenvalue weighted by Crippen LogP contribution is -2.37. The van der Waals surface area contributed by atoms with Gasteiger partial charge in [0.1, 0.15) is 6.10 Å². The van der Waals surface area contributed by atoms with Crippen LogP contribution in [0.5, 0.6) is 0 Å². The lowest BCUT2D eigenvalue weighted by molar-refractivity contribution is -0.123. The number of hydrogen-bond donors (Lipinski definition) is 1. The molecule has 0 aromatic carbocycles. The second-order valence-electron chi connectivity index (χ2n) is 3.89. The van der Waals surface area contributed by atoms with Crippen molar-refractivity contribution in [2.45, 2.75) is 45.5 Å². The predicted molar refractivity (Wildman–Crippen MR) is 48.2 cm³/mol. The van der Waals surface area contributed by atoms with Gasteiger partial charge in [-0.15, -0.1) is 0 Å². The first-order chi connectivity index (χ1) is 5.40. The number of rotatable bonds is 4. The molecule has 0 aromatic heterocycles. The Morgan fingerprint density at radius 1 is 1.33 bits per heavy atom. The van der Waals surface area contributed by atoms with E-state index in [1.165, 1.54) is 0 Å². The van der Waals surface area contributed by atoms with E-state index in [9.17, 15) is 0 Å². The molecule has 0 radical (unpaired) electrons. The van der Waals surface area contributed by atoms with Gasteiger partial charge in [0.05, 0.1) is 18.3 Å². The Balaban J connectivity index is 3.92. The van der Waals surface area contributed by atoms with Crippen LogP contribution in [-0.4, -0.2) is 36.6 Å². The molecule has 74 valence electrons. The van der Waals surface area contributed by atoms with Crippen LogP contribution >= 0.6 is 0 Å². The second-order valence-corrected chi connectivity index (χ2v) is 3.89. The first-order valence-corrected chi connectivity index (χ1v) is 4.22. The van der Waals surface area contributed by atoms with Gasteiger partial charge in [0, 0.05) is 7.11 Å². The number of aliphatic hydroxyl groups excluding tert-OH is 1. The topological polar surface area (TPSA) is 38.7 Å². The normalized spacial score (nSPS) is 17.5. The molecule has 2 unspecified atom stereocenters. The molecule has 0 bridgehead atoms. The molecular weight excluding hydrogens is 156 g/mol. The molecule has 3 nitrogen and oxygen atoms in total. The first kappa shape index (κ1) is 11.9. The number of hydrogen-bond acceptors (Lipinski definition) is 3. The molecule has 0 aliphatic heterocycles. The van der Waals surface area contributed by atoms with E-state index in [1.54, 1.807) is 7.11 Å². The summed E-state index contributed by atoms with van der Waals surface area (Å²) in [5.74, 6) is 0. The van der Waals surface area contributed by atoms with Gasteiger partial charge in [-0.2, -0.15) is 0 Å². The van der Waals surface area contributed by atoms with Gasteiger partial charge in [-0.1, -0.05) is 0 Å². The second kappa shape index (κ2) is 4.80. The molecule has 0 heterocycles. The Bertz CT molecular complexity index is 113. The molecule has 0 saturated carbocycles. The fourth-order valence-electron chi connectivity index (χ4n) is 1.05. The Hall–Kier alpha value is -0.120. The fraction of sp³-hybridized carbons (Fsp3) is 1.00. The Morgan fingerprint density at radius 3 is 2.08 bits per heavy atom. The fourth-order valence-corrected chi connectivity index (χ4v) is 1.05. The summed E-state index contributed by atoms with van der Waals surface area (Å²) < 4.78 is 10.6. The van der Waals surface area contributed by atoms with E-state index in [4.69, 9.17) is 14.6 Å². The molecule has 0 rings (SSSR count). The van der Waals surface area contributed by atoms with Crippen LogP contribution < -0.4 is 0 Å². The standard InChI is InChI=1S/C9H20O3/c1-7(8(6-10)11-5)12-9(2,3)4/h7-8,10H,6H2,1-5H3. The van der Waals surface area contributed by atoms with Crippen molar-refractivity contribution in [1.82, 2.24) is 0 Å². The van der Waals surface area contributed by atoms with E-state index in [-0.39, 0.29) is 24.4 Å². The van der Waals surface area contributed by atoms with Crippen molar-refractivity contribution in [2.75, 3.05) is 13.7 Å². The summed E-state index contributed by atoms with van der Waals surface area (Å²) in [4.78, 5) is 0. The maximum Gasteiger partial charge on any atom is 0.106 e. The molecular formula is C9H20O3.